The van der Waals surface area contributed by atoms with Gasteiger partial charge in [0, 0.05) is 20.1 Å². The van der Waals surface area contributed by atoms with Crippen molar-refractivity contribution in [2.24, 2.45) is 0 Å². The van der Waals surface area contributed by atoms with E-state index >= 15 is 0 Å². The second kappa shape index (κ2) is 5.41. The number of anilines is 1. The van der Waals surface area contributed by atoms with Crippen LogP contribution in [-0.4, -0.2) is 58.9 Å². The molecule has 0 aliphatic carbocycles. The molecular weight excluding hydrogens is 302 g/mol. The molecule has 1 aliphatic heterocycles. The fraction of sp³-hybridized carbons (Fsp3) is 0.538. The van der Waals surface area contributed by atoms with Crippen molar-refractivity contribution in [1.82, 2.24) is 25.0 Å². The molecule has 0 saturated carbocycles. The summed E-state index contributed by atoms with van der Waals surface area (Å²) < 4.78 is 6.86. The number of ether oxygens (including phenoxy) is 1. The lowest BCUT2D eigenvalue weighted by molar-refractivity contribution is -0.895. The molecule has 4 rings (SSSR count). The molecule has 9 heteroatoms. The van der Waals surface area contributed by atoms with Crippen molar-refractivity contribution in [2.75, 3.05) is 39.2 Å². The Kier molecular flexibility index (Phi) is 3.40. The second-order valence-electron chi connectivity index (χ2n) is 5.59. The minimum Gasteiger partial charge on any atom is -0.383 e. The summed E-state index contributed by atoms with van der Waals surface area (Å²) in [6.07, 6.45) is 1.06. The van der Waals surface area contributed by atoms with Gasteiger partial charge in [-0.2, -0.15) is 9.50 Å². The fourth-order valence-electron chi connectivity index (χ4n) is 2.94. The molecule has 0 spiro atoms. The zero-order valence-electron chi connectivity index (χ0n) is 12.6. The van der Waals surface area contributed by atoms with E-state index in [2.05, 4.69) is 32.9 Å². The van der Waals surface area contributed by atoms with E-state index in [1.807, 2.05) is 0 Å². The standard InChI is InChI=1S/C13H17N7OS/c1-19-5-3-8-9(7-19)22-12-10(8)11(14-4-6-21-2)15-13-16-17-18-20(12)13/h3-7H2,1-2H3,(H,14,15,16,18)/p+1. The number of methoxy groups -OCH3 is 1. The molecule has 0 radical (unpaired) electrons. The summed E-state index contributed by atoms with van der Waals surface area (Å²) in [6.45, 7) is 3.55. The summed E-state index contributed by atoms with van der Waals surface area (Å²) in [5.41, 5.74) is 1.40. The molecule has 3 aromatic heterocycles. The number of fused-ring (bicyclic) bond motifs is 5. The maximum absolute atomic E-state index is 5.12. The van der Waals surface area contributed by atoms with Crippen molar-refractivity contribution < 1.29 is 9.64 Å². The van der Waals surface area contributed by atoms with Gasteiger partial charge in [-0.25, -0.2) is 0 Å². The Morgan fingerprint density at radius 3 is 3.23 bits per heavy atom. The van der Waals surface area contributed by atoms with Crippen molar-refractivity contribution >= 4 is 33.1 Å². The van der Waals surface area contributed by atoms with E-state index in [-0.39, 0.29) is 0 Å². The lowest BCUT2D eigenvalue weighted by atomic mass is 10.1. The van der Waals surface area contributed by atoms with Gasteiger partial charge in [-0.1, -0.05) is 5.10 Å². The molecule has 1 unspecified atom stereocenters. The summed E-state index contributed by atoms with van der Waals surface area (Å²) in [5.74, 6) is 1.40. The van der Waals surface area contributed by atoms with Crippen molar-refractivity contribution in [1.29, 1.82) is 0 Å². The van der Waals surface area contributed by atoms with Gasteiger partial charge in [0.25, 0.3) is 5.78 Å². The fourth-order valence-corrected chi connectivity index (χ4v) is 4.34. The molecule has 0 bridgehead atoms. The minimum absolute atomic E-state index is 0.534. The first kappa shape index (κ1) is 13.8. The highest BCUT2D eigenvalue weighted by atomic mass is 32.1. The van der Waals surface area contributed by atoms with Crippen LogP contribution in [0, 0.1) is 0 Å². The van der Waals surface area contributed by atoms with Crippen LogP contribution >= 0.6 is 11.3 Å². The molecule has 0 fully saturated rings. The Balaban J connectivity index is 1.91. The van der Waals surface area contributed by atoms with Gasteiger partial charge in [0.1, 0.15) is 17.2 Å². The SMILES string of the molecule is COCCNc1nc2nnnn2c2sc3c(c12)CC[NH+](C)C3. The number of likely N-dealkylation sites (N-methyl/N-ethyl adjacent to an activating group) is 1. The van der Waals surface area contributed by atoms with Crippen LogP contribution in [0.4, 0.5) is 5.82 Å². The van der Waals surface area contributed by atoms with Crippen LogP contribution in [0.25, 0.3) is 16.0 Å². The molecule has 0 saturated heterocycles. The molecule has 4 heterocycles. The number of hydrogen-bond acceptors (Lipinski definition) is 7. The lowest BCUT2D eigenvalue weighted by Crippen LogP contribution is -3.08. The predicted molar refractivity (Wildman–Crippen MR) is 83.5 cm³/mol. The van der Waals surface area contributed by atoms with Crippen LogP contribution in [0.2, 0.25) is 0 Å². The molecule has 22 heavy (non-hydrogen) atoms. The molecule has 2 N–H and O–H groups in total. The lowest BCUT2D eigenvalue weighted by Gasteiger charge is -2.19. The summed E-state index contributed by atoms with van der Waals surface area (Å²) >= 11 is 1.78. The number of hydrogen-bond donors (Lipinski definition) is 2. The zero-order chi connectivity index (χ0) is 15.1. The summed E-state index contributed by atoms with van der Waals surface area (Å²) in [6, 6.07) is 0. The maximum atomic E-state index is 5.12. The van der Waals surface area contributed by atoms with Crippen LogP contribution in [0.3, 0.4) is 0 Å². The number of nitrogens with zero attached hydrogens (tertiary/aromatic N) is 5. The van der Waals surface area contributed by atoms with Gasteiger partial charge in [0.2, 0.25) is 0 Å². The number of nitrogens with one attached hydrogen (secondary N) is 2. The Bertz CT molecular complexity index is 827. The van der Waals surface area contributed by atoms with Crippen molar-refractivity contribution in [3.63, 3.8) is 0 Å². The normalized spacial score (nSPS) is 18.0. The van der Waals surface area contributed by atoms with E-state index in [4.69, 9.17) is 4.74 Å². The van der Waals surface area contributed by atoms with Crippen LogP contribution in [0.5, 0.6) is 0 Å². The maximum Gasteiger partial charge on any atom is 0.276 e. The van der Waals surface area contributed by atoms with Crippen molar-refractivity contribution in [2.45, 2.75) is 13.0 Å². The molecule has 116 valence electrons. The topological polar surface area (TPSA) is 81.7 Å². The molecule has 1 atom stereocenters. The van der Waals surface area contributed by atoms with Gasteiger partial charge in [0.05, 0.1) is 30.5 Å². The summed E-state index contributed by atoms with van der Waals surface area (Å²) in [7, 11) is 3.93. The van der Waals surface area contributed by atoms with Gasteiger partial charge in [-0.05, 0) is 16.0 Å². The van der Waals surface area contributed by atoms with Crippen molar-refractivity contribution in [3.05, 3.63) is 10.4 Å². The summed E-state index contributed by atoms with van der Waals surface area (Å²) in [4.78, 5) is 8.62. The molecule has 0 aromatic carbocycles. The highest BCUT2D eigenvalue weighted by molar-refractivity contribution is 7.19. The molecule has 3 aromatic rings. The van der Waals surface area contributed by atoms with Crippen molar-refractivity contribution in [3.8, 4) is 0 Å². The van der Waals surface area contributed by atoms with Crippen LogP contribution in [-0.2, 0) is 17.7 Å². The van der Waals surface area contributed by atoms with E-state index in [1.54, 1.807) is 23.0 Å². The summed E-state index contributed by atoms with van der Waals surface area (Å²) in [5, 5.41) is 16.4. The van der Waals surface area contributed by atoms with Crippen LogP contribution in [0.15, 0.2) is 0 Å². The van der Waals surface area contributed by atoms with Crippen LogP contribution < -0.4 is 10.2 Å². The van der Waals surface area contributed by atoms with E-state index in [9.17, 15) is 0 Å². The highest BCUT2D eigenvalue weighted by Crippen LogP contribution is 2.36. The van der Waals surface area contributed by atoms with Gasteiger partial charge in [-0.15, -0.1) is 11.3 Å². The third kappa shape index (κ3) is 2.13. The Hall–Kier alpha value is -1.84. The van der Waals surface area contributed by atoms with E-state index in [1.165, 1.54) is 20.7 Å². The highest BCUT2D eigenvalue weighted by Gasteiger charge is 2.26. The Morgan fingerprint density at radius 2 is 2.36 bits per heavy atom. The number of rotatable bonds is 4. The largest absolute Gasteiger partial charge is 0.383 e. The van der Waals surface area contributed by atoms with Gasteiger partial charge in [0.15, 0.2) is 0 Å². The smallest absolute Gasteiger partial charge is 0.276 e. The molecule has 8 nitrogen and oxygen atoms in total. The van der Waals surface area contributed by atoms with Gasteiger partial charge < -0.3 is 15.0 Å². The average Bonchev–Trinajstić information content (AvgIpc) is 3.10. The third-order valence-electron chi connectivity index (χ3n) is 4.03. The third-order valence-corrected chi connectivity index (χ3v) is 5.24. The number of aromatic nitrogens is 5. The minimum atomic E-state index is 0.534. The first-order valence-corrected chi connectivity index (χ1v) is 8.16. The monoisotopic (exact) mass is 320 g/mol. The average molecular weight is 320 g/mol. The molecular formula is C13H18N7OS+. The van der Waals surface area contributed by atoms with Gasteiger partial charge in [-0.3, -0.25) is 0 Å². The number of thiophene rings is 1. The molecule has 0 amide bonds. The Labute approximate surface area is 131 Å². The Morgan fingerprint density at radius 1 is 1.45 bits per heavy atom. The van der Waals surface area contributed by atoms with E-state index in [0.717, 1.165) is 30.2 Å². The van der Waals surface area contributed by atoms with Gasteiger partial charge >= 0.3 is 0 Å². The van der Waals surface area contributed by atoms with E-state index in [0.29, 0.717) is 18.9 Å². The second-order valence-corrected chi connectivity index (χ2v) is 6.67. The first-order chi connectivity index (χ1) is 10.8. The number of quaternary nitrogens is 1. The number of tetrazole rings is 1. The first-order valence-electron chi connectivity index (χ1n) is 7.34. The quantitative estimate of drug-likeness (QED) is 0.623. The van der Waals surface area contributed by atoms with Crippen LogP contribution in [0.1, 0.15) is 10.4 Å². The zero-order valence-corrected chi connectivity index (χ0v) is 13.4. The predicted octanol–water partition coefficient (Wildman–Crippen LogP) is -0.637. The van der Waals surface area contributed by atoms with E-state index < -0.39 is 0 Å². The molecule has 1 aliphatic rings.